The SMILES string of the molecule is COC(C)c1ccc(C(C)C)cn1. The molecule has 72 valence electrons. The lowest BCUT2D eigenvalue weighted by Gasteiger charge is -2.10. The van der Waals surface area contributed by atoms with Crippen LogP contribution in [0.3, 0.4) is 0 Å². The number of aromatic nitrogens is 1. The molecule has 2 nitrogen and oxygen atoms in total. The summed E-state index contributed by atoms with van der Waals surface area (Å²) in [5.74, 6) is 0.541. The molecule has 2 heteroatoms. The summed E-state index contributed by atoms with van der Waals surface area (Å²) < 4.78 is 5.17. The molecule has 1 heterocycles. The Labute approximate surface area is 80.0 Å². The van der Waals surface area contributed by atoms with Gasteiger partial charge in [-0.05, 0) is 24.5 Å². The summed E-state index contributed by atoms with van der Waals surface area (Å²) >= 11 is 0. The van der Waals surface area contributed by atoms with Gasteiger partial charge in [0, 0.05) is 13.3 Å². The highest BCUT2D eigenvalue weighted by Gasteiger charge is 2.05. The van der Waals surface area contributed by atoms with Gasteiger partial charge in [0.15, 0.2) is 0 Å². The Morgan fingerprint density at radius 1 is 1.23 bits per heavy atom. The van der Waals surface area contributed by atoms with E-state index >= 15 is 0 Å². The zero-order chi connectivity index (χ0) is 9.84. The molecule has 0 N–H and O–H groups in total. The maximum Gasteiger partial charge on any atom is 0.0962 e. The number of hydrogen-bond donors (Lipinski definition) is 0. The fourth-order valence-corrected chi connectivity index (χ4v) is 1.12. The van der Waals surface area contributed by atoms with Crippen molar-refractivity contribution in [3.8, 4) is 0 Å². The van der Waals surface area contributed by atoms with Crippen LogP contribution in [0.4, 0.5) is 0 Å². The van der Waals surface area contributed by atoms with Crippen LogP contribution in [0.1, 0.15) is 44.1 Å². The first-order valence-electron chi connectivity index (χ1n) is 4.63. The summed E-state index contributed by atoms with van der Waals surface area (Å²) in [6.07, 6.45) is 2.01. The zero-order valence-corrected chi connectivity index (χ0v) is 8.74. The first kappa shape index (κ1) is 10.2. The molecule has 0 aliphatic heterocycles. The van der Waals surface area contributed by atoms with Crippen LogP contribution in [0.25, 0.3) is 0 Å². The first-order valence-corrected chi connectivity index (χ1v) is 4.63. The van der Waals surface area contributed by atoms with E-state index in [2.05, 4.69) is 24.9 Å². The van der Waals surface area contributed by atoms with E-state index in [9.17, 15) is 0 Å². The van der Waals surface area contributed by atoms with Gasteiger partial charge in [-0.1, -0.05) is 19.9 Å². The Morgan fingerprint density at radius 2 is 1.92 bits per heavy atom. The van der Waals surface area contributed by atoms with Crippen molar-refractivity contribution in [1.29, 1.82) is 0 Å². The van der Waals surface area contributed by atoms with Crippen LogP contribution in [-0.2, 0) is 4.74 Å². The molecule has 0 saturated carbocycles. The van der Waals surface area contributed by atoms with Crippen molar-refractivity contribution in [3.63, 3.8) is 0 Å². The van der Waals surface area contributed by atoms with Gasteiger partial charge in [0.2, 0.25) is 0 Å². The van der Waals surface area contributed by atoms with Crippen LogP contribution < -0.4 is 0 Å². The van der Waals surface area contributed by atoms with E-state index < -0.39 is 0 Å². The summed E-state index contributed by atoms with van der Waals surface area (Å²) in [6, 6.07) is 4.14. The van der Waals surface area contributed by atoms with Gasteiger partial charge >= 0.3 is 0 Å². The average molecular weight is 179 g/mol. The molecular formula is C11H17NO. The van der Waals surface area contributed by atoms with Gasteiger partial charge in [-0.25, -0.2) is 0 Å². The van der Waals surface area contributed by atoms with E-state index in [-0.39, 0.29) is 6.10 Å². The van der Waals surface area contributed by atoms with Crippen LogP contribution in [0.2, 0.25) is 0 Å². The second kappa shape index (κ2) is 4.38. The zero-order valence-electron chi connectivity index (χ0n) is 8.74. The molecule has 1 aromatic rings. The summed E-state index contributed by atoms with van der Waals surface area (Å²) in [5.41, 5.74) is 2.26. The second-order valence-electron chi connectivity index (χ2n) is 3.55. The van der Waals surface area contributed by atoms with Crippen molar-refractivity contribution in [2.24, 2.45) is 0 Å². The molecule has 1 rings (SSSR count). The third kappa shape index (κ3) is 2.52. The van der Waals surface area contributed by atoms with Crippen LogP contribution in [0, 0.1) is 0 Å². The lowest BCUT2D eigenvalue weighted by molar-refractivity contribution is 0.116. The van der Waals surface area contributed by atoms with Crippen LogP contribution >= 0.6 is 0 Å². The number of pyridine rings is 1. The molecule has 0 aliphatic carbocycles. The fourth-order valence-electron chi connectivity index (χ4n) is 1.12. The van der Waals surface area contributed by atoms with Crippen molar-refractivity contribution in [2.75, 3.05) is 7.11 Å². The van der Waals surface area contributed by atoms with Gasteiger partial charge in [0.25, 0.3) is 0 Å². The van der Waals surface area contributed by atoms with Gasteiger partial charge in [0.1, 0.15) is 0 Å². The van der Waals surface area contributed by atoms with Crippen molar-refractivity contribution in [2.45, 2.75) is 32.8 Å². The molecule has 13 heavy (non-hydrogen) atoms. The molecule has 0 amide bonds. The van der Waals surface area contributed by atoms with Crippen molar-refractivity contribution < 1.29 is 4.74 Å². The summed E-state index contributed by atoms with van der Waals surface area (Å²) in [6.45, 7) is 6.32. The predicted molar refractivity (Wildman–Crippen MR) is 53.8 cm³/mol. The van der Waals surface area contributed by atoms with Crippen molar-refractivity contribution in [3.05, 3.63) is 29.6 Å². The van der Waals surface area contributed by atoms with Gasteiger partial charge in [-0.2, -0.15) is 0 Å². The normalized spacial score (nSPS) is 13.3. The third-order valence-electron chi connectivity index (χ3n) is 2.25. The molecule has 0 radical (unpaired) electrons. The lowest BCUT2D eigenvalue weighted by Crippen LogP contribution is -1.99. The monoisotopic (exact) mass is 179 g/mol. The van der Waals surface area contributed by atoms with Gasteiger partial charge in [0.05, 0.1) is 11.8 Å². The molecule has 0 spiro atoms. The van der Waals surface area contributed by atoms with Gasteiger partial charge < -0.3 is 4.74 Å². The molecule has 0 aromatic carbocycles. The highest BCUT2D eigenvalue weighted by molar-refractivity contribution is 5.18. The molecule has 1 unspecified atom stereocenters. The standard InChI is InChI=1S/C11H17NO/c1-8(2)10-5-6-11(12-7-10)9(3)13-4/h5-9H,1-4H3. The maximum atomic E-state index is 5.17. The number of rotatable bonds is 3. The summed E-state index contributed by atoms with van der Waals surface area (Å²) in [5, 5.41) is 0. The highest BCUT2D eigenvalue weighted by atomic mass is 16.5. The van der Waals surface area contributed by atoms with E-state index in [1.165, 1.54) is 5.56 Å². The van der Waals surface area contributed by atoms with E-state index in [0.717, 1.165) is 5.69 Å². The van der Waals surface area contributed by atoms with E-state index in [1.807, 2.05) is 19.2 Å². The molecule has 0 aliphatic rings. The third-order valence-corrected chi connectivity index (χ3v) is 2.25. The molecule has 1 atom stereocenters. The van der Waals surface area contributed by atoms with Crippen molar-refractivity contribution >= 4 is 0 Å². The number of ether oxygens (including phenoxy) is 1. The molecule has 1 aromatic heterocycles. The minimum Gasteiger partial charge on any atom is -0.375 e. The van der Waals surface area contributed by atoms with Crippen molar-refractivity contribution in [1.82, 2.24) is 4.98 Å². The van der Waals surface area contributed by atoms with E-state index in [4.69, 9.17) is 4.74 Å². The van der Waals surface area contributed by atoms with E-state index in [0.29, 0.717) is 5.92 Å². The van der Waals surface area contributed by atoms with Gasteiger partial charge in [-0.3, -0.25) is 4.98 Å². The highest BCUT2D eigenvalue weighted by Crippen LogP contribution is 2.17. The van der Waals surface area contributed by atoms with Crippen LogP contribution in [0.5, 0.6) is 0 Å². The largest absolute Gasteiger partial charge is 0.375 e. The van der Waals surface area contributed by atoms with Gasteiger partial charge in [-0.15, -0.1) is 0 Å². The summed E-state index contributed by atoms with van der Waals surface area (Å²) in [4.78, 5) is 4.35. The Kier molecular flexibility index (Phi) is 3.43. The van der Waals surface area contributed by atoms with E-state index in [1.54, 1.807) is 7.11 Å². The summed E-state index contributed by atoms with van der Waals surface area (Å²) in [7, 11) is 1.70. The number of nitrogens with zero attached hydrogens (tertiary/aromatic N) is 1. The average Bonchev–Trinajstić information content (AvgIpc) is 2.17. The predicted octanol–water partition coefficient (Wildman–Crippen LogP) is 2.91. The topological polar surface area (TPSA) is 22.1 Å². The smallest absolute Gasteiger partial charge is 0.0962 e. The van der Waals surface area contributed by atoms with Crippen LogP contribution in [-0.4, -0.2) is 12.1 Å². The Balaban J connectivity index is 2.81. The number of methoxy groups -OCH3 is 1. The first-order chi connectivity index (χ1) is 6.15. The Morgan fingerprint density at radius 3 is 2.31 bits per heavy atom. The number of hydrogen-bond acceptors (Lipinski definition) is 2. The molecule has 0 fully saturated rings. The molecular weight excluding hydrogens is 162 g/mol. The minimum atomic E-state index is 0.0845. The molecule has 0 saturated heterocycles. The Bertz CT molecular complexity index is 253. The minimum absolute atomic E-state index is 0.0845. The van der Waals surface area contributed by atoms with Crippen LogP contribution in [0.15, 0.2) is 18.3 Å². The maximum absolute atomic E-state index is 5.17. The molecule has 0 bridgehead atoms. The fraction of sp³-hybridized carbons (Fsp3) is 0.545. The Hall–Kier alpha value is -0.890. The quantitative estimate of drug-likeness (QED) is 0.711. The second-order valence-corrected chi connectivity index (χ2v) is 3.55. The lowest BCUT2D eigenvalue weighted by atomic mass is 10.1.